The van der Waals surface area contributed by atoms with E-state index in [1.165, 1.54) is 5.56 Å². The first-order valence-corrected chi connectivity index (χ1v) is 4.68. The summed E-state index contributed by atoms with van der Waals surface area (Å²) in [5.74, 6) is 6.35. The summed E-state index contributed by atoms with van der Waals surface area (Å²) in [6, 6.07) is 8.05. The van der Waals surface area contributed by atoms with Crippen molar-refractivity contribution >= 4 is 0 Å². The van der Waals surface area contributed by atoms with Crippen molar-refractivity contribution in [3.8, 4) is 5.75 Å². The number of nitrogens with two attached hydrogens (primary N) is 1. The Hall–Kier alpha value is -1.32. The fourth-order valence-electron chi connectivity index (χ4n) is 1.74. The van der Waals surface area contributed by atoms with Gasteiger partial charge in [-0.3, -0.25) is 5.84 Å². The minimum atomic E-state index is 0.00222. The lowest BCUT2D eigenvalue weighted by molar-refractivity contribution is 0.199. The van der Waals surface area contributed by atoms with E-state index in [1.54, 1.807) is 6.08 Å². The Balaban J connectivity index is 2.14. The zero-order valence-corrected chi connectivity index (χ0v) is 7.94. The predicted octanol–water partition coefficient (Wildman–Crippen LogP) is 1.01. The molecular formula is C11H14N2O. The van der Waals surface area contributed by atoms with Crippen LogP contribution in [0.2, 0.25) is 0 Å². The second-order valence-electron chi connectivity index (χ2n) is 3.40. The molecule has 0 aliphatic carbocycles. The van der Waals surface area contributed by atoms with Gasteiger partial charge in [0.05, 0.1) is 6.04 Å². The van der Waals surface area contributed by atoms with E-state index in [0.717, 1.165) is 12.2 Å². The minimum absolute atomic E-state index is 0.00222. The van der Waals surface area contributed by atoms with Gasteiger partial charge < -0.3 is 4.74 Å². The molecule has 1 heterocycles. The highest BCUT2D eigenvalue weighted by molar-refractivity contribution is 5.37. The van der Waals surface area contributed by atoms with E-state index in [-0.39, 0.29) is 12.1 Å². The standard InChI is InChI=1S/C11H14N2O/c1-2-9(13-12)11-7-8-5-3-4-6-10(8)14-11/h2-6,9,11,13H,1,7,12H2. The summed E-state index contributed by atoms with van der Waals surface area (Å²) in [5, 5.41) is 0. The zero-order valence-electron chi connectivity index (χ0n) is 7.94. The molecule has 0 amide bonds. The number of ether oxygens (including phenoxy) is 1. The Morgan fingerprint density at radius 3 is 3.00 bits per heavy atom. The second kappa shape index (κ2) is 3.82. The Kier molecular flexibility index (Phi) is 2.52. The smallest absolute Gasteiger partial charge is 0.123 e. The van der Waals surface area contributed by atoms with Crippen molar-refractivity contribution in [3.05, 3.63) is 42.5 Å². The van der Waals surface area contributed by atoms with Gasteiger partial charge in [-0.2, -0.15) is 0 Å². The quantitative estimate of drug-likeness (QED) is 0.425. The summed E-state index contributed by atoms with van der Waals surface area (Å²) in [4.78, 5) is 0. The van der Waals surface area contributed by atoms with Crippen molar-refractivity contribution in [1.82, 2.24) is 5.43 Å². The van der Waals surface area contributed by atoms with Crippen LogP contribution < -0.4 is 16.0 Å². The third-order valence-corrected chi connectivity index (χ3v) is 2.52. The first-order valence-electron chi connectivity index (χ1n) is 4.68. The molecule has 2 atom stereocenters. The van der Waals surface area contributed by atoms with Crippen molar-refractivity contribution in [3.63, 3.8) is 0 Å². The topological polar surface area (TPSA) is 47.3 Å². The van der Waals surface area contributed by atoms with Crippen molar-refractivity contribution in [2.24, 2.45) is 5.84 Å². The lowest BCUT2D eigenvalue weighted by atomic mass is 10.1. The van der Waals surface area contributed by atoms with Crippen LogP contribution in [0.4, 0.5) is 0 Å². The number of rotatable bonds is 3. The Morgan fingerprint density at radius 2 is 2.36 bits per heavy atom. The first-order chi connectivity index (χ1) is 6.85. The third-order valence-electron chi connectivity index (χ3n) is 2.52. The van der Waals surface area contributed by atoms with Crippen LogP contribution in [0.1, 0.15) is 5.56 Å². The Morgan fingerprint density at radius 1 is 1.57 bits per heavy atom. The van der Waals surface area contributed by atoms with Gasteiger partial charge in [-0.25, -0.2) is 5.43 Å². The van der Waals surface area contributed by atoms with E-state index in [0.29, 0.717) is 0 Å². The van der Waals surface area contributed by atoms with Crippen LogP contribution in [0.15, 0.2) is 36.9 Å². The minimum Gasteiger partial charge on any atom is -0.488 e. The maximum atomic E-state index is 5.74. The fourth-order valence-corrected chi connectivity index (χ4v) is 1.74. The van der Waals surface area contributed by atoms with Gasteiger partial charge in [0.2, 0.25) is 0 Å². The molecule has 3 N–H and O–H groups in total. The molecule has 2 rings (SSSR count). The predicted molar refractivity (Wildman–Crippen MR) is 55.9 cm³/mol. The monoisotopic (exact) mass is 190 g/mol. The maximum Gasteiger partial charge on any atom is 0.123 e. The van der Waals surface area contributed by atoms with E-state index in [9.17, 15) is 0 Å². The molecule has 74 valence electrons. The molecule has 3 heteroatoms. The number of hydrogen-bond donors (Lipinski definition) is 2. The van der Waals surface area contributed by atoms with Crippen LogP contribution in [-0.2, 0) is 6.42 Å². The largest absolute Gasteiger partial charge is 0.488 e. The third kappa shape index (κ3) is 1.52. The van der Waals surface area contributed by atoms with E-state index in [4.69, 9.17) is 10.6 Å². The van der Waals surface area contributed by atoms with Gasteiger partial charge in [0.25, 0.3) is 0 Å². The van der Waals surface area contributed by atoms with Crippen LogP contribution in [0, 0.1) is 0 Å². The van der Waals surface area contributed by atoms with Crippen LogP contribution in [0.25, 0.3) is 0 Å². The van der Waals surface area contributed by atoms with Crippen LogP contribution >= 0.6 is 0 Å². The average Bonchev–Trinajstić information content (AvgIpc) is 2.63. The van der Waals surface area contributed by atoms with Gasteiger partial charge in [-0.15, -0.1) is 6.58 Å². The molecule has 0 saturated heterocycles. The van der Waals surface area contributed by atoms with Gasteiger partial charge in [0, 0.05) is 6.42 Å². The number of para-hydroxylation sites is 1. The molecule has 0 bridgehead atoms. The van der Waals surface area contributed by atoms with Crippen molar-refractivity contribution in [2.45, 2.75) is 18.6 Å². The van der Waals surface area contributed by atoms with Crippen LogP contribution in [0.5, 0.6) is 5.75 Å². The van der Waals surface area contributed by atoms with Gasteiger partial charge in [-0.1, -0.05) is 24.3 Å². The fraction of sp³-hybridized carbons (Fsp3) is 0.273. The highest BCUT2D eigenvalue weighted by Gasteiger charge is 2.27. The highest BCUT2D eigenvalue weighted by Crippen LogP contribution is 2.29. The Labute approximate surface area is 83.5 Å². The van der Waals surface area contributed by atoms with Gasteiger partial charge in [0.1, 0.15) is 11.9 Å². The second-order valence-corrected chi connectivity index (χ2v) is 3.40. The molecule has 1 aromatic carbocycles. The van der Waals surface area contributed by atoms with Gasteiger partial charge in [0.15, 0.2) is 0 Å². The SMILES string of the molecule is C=CC(NN)C1Cc2ccccc2O1. The summed E-state index contributed by atoms with van der Waals surface area (Å²) in [6.45, 7) is 3.72. The highest BCUT2D eigenvalue weighted by atomic mass is 16.5. The van der Waals surface area contributed by atoms with E-state index < -0.39 is 0 Å². The van der Waals surface area contributed by atoms with E-state index in [1.807, 2.05) is 18.2 Å². The van der Waals surface area contributed by atoms with Crippen molar-refractivity contribution in [2.75, 3.05) is 0 Å². The maximum absolute atomic E-state index is 5.74. The Bertz CT molecular complexity index is 313. The molecule has 1 aliphatic rings. The number of nitrogens with one attached hydrogen (secondary N) is 1. The summed E-state index contributed by atoms with van der Waals surface area (Å²) in [6.07, 6.45) is 2.73. The molecule has 0 fully saturated rings. The van der Waals surface area contributed by atoms with Gasteiger partial charge >= 0.3 is 0 Å². The first kappa shape index (κ1) is 9.24. The van der Waals surface area contributed by atoms with Crippen LogP contribution in [-0.4, -0.2) is 12.1 Å². The molecule has 2 unspecified atom stereocenters. The van der Waals surface area contributed by atoms with Crippen molar-refractivity contribution in [1.29, 1.82) is 0 Å². The molecule has 14 heavy (non-hydrogen) atoms. The lowest BCUT2D eigenvalue weighted by Crippen LogP contribution is -2.44. The molecule has 0 saturated carbocycles. The molecule has 1 aliphatic heterocycles. The molecule has 1 aromatic rings. The zero-order chi connectivity index (χ0) is 9.97. The van der Waals surface area contributed by atoms with Gasteiger partial charge in [-0.05, 0) is 11.6 Å². The van der Waals surface area contributed by atoms with Crippen LogP contribution in [0.3, 0.4) is 0 Å². The summed E-state index contributed by atoms with van der Waals surface area (Å²) in [5.41, 5.74) is 3.92. The molecule has 0 radical (unpaired) electrons. The van der Waals surface area contributed by atoms with Crippen molar-refractivity contribution < 1.29 is 4.74 Å². The number of hydrogen-bond acceptors (Lipinski definition) is 3. The van der Waals surface area contributed by atoms with E-state index >= 15 is 0 Å². The van der Waals surface area contributed by atoms with E-state index in [2.05, 4.69) is 18.1 Å². The average molecular weight is 190 g/mol. The summed E-state index contributed by atoms with van der Waals surface area (Å²) < 4.78 is 5.74. The lowest BCUT2D eigenvalue weighted by Gasteiger charge is -2.18. The molecule has 0 aromatic heterocycles. The molecule has 3 nitrogen and oxygen atoms in total. The number of benzene rings is 1. The number of fused-ring (bicyclic) bond motifs is 1. The summed E-state index contributed by atoms with van der Waals surface area (Å²) in [7, 11) is 0. The normalized spacial score (nSPS) is 21.1. The summed E-state index contributed by atoms with van der Waals surface area (Å²) >= 11 is 0. The molecular weight excluding hydrogens is 176 g/mol. The molecule has 0 spiro atoms. The number of hydrazine groups is 1.